The third-order valence-corrected chi connectivity index (χ3v) is 2.78. The second-order valence-electron chi connectivity index (χ2n) is 4.16. The van der Waals surface area contributed by atoms with Crippen molar-refractivity contribution in [3.63, 3.8) is 0 Å². The molecule has 0 saturated heterocycles. The Morgan fingerprint density at radius 2 is 2.20 bits per heavy atom. The minimum Gasteiger partial charge on any atom is -0.508 e. The van der Waals surface area contributed by atoms with Crippen LogP contribution in [0.15, 0.2) is 24.3 Å². The number of hydrogen-bond donors (Lipinski definition) is 2. The normalized spacial score (nSPS) is 15.9. The maximum Gasteiger partial charge on any atom is 0.115 e. The number of nitrogens with two attached hydrogens (primary N) is 1. The monoisotopic (exact) mass is 206 g/mol. The first kappa shape index (κ1) is 10.5. The van der Waals surface area contributed by atoms with E-state index < -0.39 is 0 Å². The van der Waals surface area contributed by atoms with E-state index in [-0.39, 0.29) is 0 Å². The molecule has 3 heteroatoms. The first-order valence-corrected chi connectivity index (χ1v) is 5.51. The van der Waals surface area contributed by atoms with E-state index in [0.717, 1.165) is 24.7 Å². The van der Waals surface area contributed by atoms with Crippen molar-refractivity contribution in [3.8, 4) is 5.75 Å². The lowest BCUT2D eigenvalue weighted by Crippen LogP contribution is -2.30. The van der Waals surface area contributed by atoms with Crippen LogP contribution in [0.3, 0.4) is 0 Å². The van der Waals surface area contributed by atoms with Crippen LogP contribution in [0.2, 0.25) is 0 Å². The third-order valence-electron chi connectivity index (χ3n) is 2.78. The standard InChI is InChI=1S/C12H18N2O/c13-6-7-14(11-4-5-11)9-10-2-1-3-12(15)8-10/h1-3,8,11,15H,4-7,9,13H2. The second-order valence-corrected chi connectivity index (χ2v) is 4.16. The van der Waals surface area contributed by atoms with E-state index in [4.69, 9.17) is 5.73 Å². The molecule has 1 aromatic carbocycles. The summed E-state index contributed by atoms with van der Waals surface area (Å²) >= 11 is 0. The molecule has 0 aliphatic heterocycles. The van der Waals surface area contributed by atoms with Gasteiger partial charge in [0.05, 0.1) is 0 Å². The van der Waals surface area contributed by atoms with Crippen molar-refractivity contribution < 1.29 is 5.11 Å². The molecular formula is C12H18N2O. The van der Waals surface area contributed by atoms with E-state index in [1.807, 2.05) is 18.2 Å². The molecule has 0 aromatic heterocycles. The van der Waals surface area contributed by atoms with Gasteiger partial charge in [0, 0.05) is 25.7 Å². The average molecular weight is 206 g/mol. The number of nitrogens with zero attached hydrogens (tertiary/aromatic N) is 1. The molecule has 0 atom stereocenters. The highest BCUT2D eigenvalue weighted by Gasteiger charge is 2.28. The summed E-state index contributed by atoms with van der Waals surface area (Å²) in [6, 6.07) is 8.18. The molecule has 1 aliphatic carbocycles. The van der Waals surface area contributed by atoms with E-state index in [2.05, 4.69) is 4.90 Å². The number of phenolic OH excluding ortho intramolecular Hbond substituents is 1. The first-order chi connectivity index (χ1) is 7.29. The Labute approximate surface area is 90.5 Å². The topological polar surface area (TPSA) is 49.5 Å². The van der Waals surface area contributed by atoms with Crippen molar-refractivity contribution in [2.75, 3.05) is 13.1 Å². The molecule has 15 heavy (non-hydrogen) atoms. The van der Waals surface area contributed by atoms with Crippen LogP contribution in [0.1, 0.15) is 18.4 Å². The lowest BCUT2D eigenvalue weighted by molar-refractivity contribution is 0.262. The summed E-state index contributed by atoms with van der Waals surface area (Å²) in [5.74, 6) is 0.344. The molecule has 3 N–H and O–H groups in total. The molecule has 0 radical (unpaired) electrons. The van der Waals surface area contributed by atoms with Crippen molar-refractivity contribution in [1.29, 1.82) is 0 Å². The van der Waals surface area contributed by atoms with Crippen LogP contribution in [0, 0.1) is 0 Å². The van der Waals surface area contributed by atoms with Crippen LogP contribution in [0.4, 0.5) is 0 Å². The molecule has 1 aromatic rings. The Morgan fingerprint density at radius 1 is 1.40 bits per heavy atom. The Kier molecular flexibility index (Phi) is 3.23. The van der Waals surface area contributed by atoms with Crippen LogP contribution < -0.4 is 5.73 Å². The fourth-order valence-electron chi connectivity index (χ4n) is 1.89. The minimum absolute atomic E-state index is 0.344. The SMILES string of the molecule is NCCN(Cc1cccc(O)c1)C1CC1. The highest BCUT2D eigenvalue weighted by Crippen LogP contribution is 2.28. The largest absolute Gasteiger partial charge is 0.508 e. The van der Waals surface area contributed by atoms with Crippen LogP contribution in [0.5, 0.6) is 5.75 Å². The van der Waals surface area contributed by atoms with Gasteiger partial charge in [0.15, 0.2) is 0 Å². The zero-order valence-corrected chi connectivity index (χ0v) is 8.89. The van der Waals surface area contributed by atoms with E-state index >= 15 is 0 Å². The zero-order valence-electron chi connectivity index (χ0n) is 8.89. The van der Waals surface area contributed by atoms with Gasteiger partial charge in [0.25, 0.3) is 0 Å². The summed E-state index contributed by atoms with van der Waals surface area (Å²) in [5, 5.41) is 9.37. The van der Waals surface area contributed by atoms with Crippen LogP contribution in [0.25, 0.3) is 0 Å². The average Bonchev–Trinajstić information content (AvgIpc) is 3.00. The van der Waals surface area contributed by atoms with E-state index in [0.29, 0.717) is 12.3 Å². The van der Waals surface area contributed by atoms with Gasteiger partial charge in [0.1, 0.15) is 5.75 Å². The van der Waals surface area contributed by atoms with Gasteiger partial charge < -0.3 is 10.8 Å². The predicted molar refractivity (Wildman–Crippen MR) is 60.6 cm³/mol. The second kappa shape index (κ2) is 4.64. The number of aromatic hydroxyl groups is 1. The molecule has 0 heterocycles. The summed E-state index contributed by atoms with van der Waals surface area (Å²) < 4.78 is 0. The fraction of sp³-hybridized carbons (Fsp3) is 0.500. The van der Waals surface area contributed by atoms with Crippen molar-refractivity contribution in [1.82, 2.24) is 4.90 Å². The highest BCUT2D eigenvalue weighted by molar-refractivity contribution is 5.27. The van der Waals surface area contributed by atoms with E-state index in [9.17, 15) is 5.11 Å². The smallest absolute Gasteiger partial charge is 0.115 e. The summed E-state index contributed by atoms with van der Waals surface area (Å²) in [6.45, 7) is 2.55. The number of phenols is 1. The van der Waals surface area contributed by atoms with Crippen LogP contribution >= 0.6 is 0 Å². The van der Waals surface area contributed by atoms with Gasteiger partial charge in [0.2, 0.25) is 0 Å². The third kappa shape index (κ3) is 2.94. The molecular weight excluding hydrogens is 188 g/mol. The predicted octanol–water partition coefficient (Wildman–Crippen LogP) is 1.32. The molecule has 82 valence electrons. The Bertz CT molecular complexity index is 323. The molecule has 0 amide bonds. The first-order valence-electron chi connectivity index (χ1n) is 5.51. The maximum absolute atomic E-state index is 9.37. The lowest BCUT2D eigenvalue weighted by atomic mass is 10.2. The number of benzene rings is 1. The zero-order chi connectivity index (χ0) is 10.7. The minimum atomic E-state index is 0.344. The Balaban J connectivity index is 1.98. The molecule has 2 rings (SSSR count). The maximum atomic E-state index is 9.37. The summed E-state index contributed by atoms with van der Waals surface area (Å²) in [5.41, 5.74) is 6.75. The molecule has 0 unspecified atom stereocenters. The van der Waals surface area contributed by atoms with Gasteiger partial charge in [-0.1, -0.05) is 12.1 Å². The number of rotatable bonds is 5. The van der Waals surface area contributed by atoms with Crippen molar-refractivity contribution in [3.05, 3.63) is 29.8 Å². The van der Waals surface area contributed by atoms with Crippen LogP contribution in [-0.4, -0.2) is 29.1 Å². The van der Waals surface area contributed by atoms with Crippen LogP contribution in [-0.2, 0) is 6.54 Å². The van der Waals surface area contributed by atoms with Gasteiger partial charge in [-0.05, 0) is 30.5 Å². The van der Waals surface area contributed by atoms with Gasteiger partial charge in [-0.25, -0.2) is 0 Å². The summed E-state index contributed by atoms with van der Waals surface area (Å²) in [7, 11) is 0. The van der Waals surface area contributed by atoms with Gasteiger partial charge in [-0.2, -0.15) is 0 Å². The lowest BCUT2D eigenvalue weighted by Gasteiger charge is -2.21. The Hall–Kier alpha value is -1.06. The van der Waals surface area contributed by atoms with Gasteiger partial charge in [-0.15, -0.1) is 0 Å². The van der Waals surface area contributed by atoms with Gasteiger partial charge in [-0.3, -0.25) is 4.90 Å². The van der Waals surface area contributed by atoms with Crippen molar-refractivity contribution >= 4 is 0 Å². The summed E-state index contributed by atoms with van der Waals surface area (Å²) in [6.07, 6.45) is 2.58. The molecule has 1 saturated carbocycles. The van der Waals surface area contributed by atoms with Crippen molar-refractivity contribution in [2.24, 2.45) is 5.73 Å². The quantitative estimate of drug-likeness (QED) is 0.763. The number of hydrogen-bond acceptors (Lipinski definition) is 3. The fourth-order valence-corrected chi connectivity index (χ4v) is 1.89. The molecule has 3 nitrogen and oxygen atoms in total. The molecule has 0 spiro atoms. The van der Waals surface area contributed by atoms with E-state index in [1.165, 1.54) is 12.8 Å². The molecule has 0 bridgehead atoms. The highest BCUT2D eigenvalue weighted by atomic mass is 16.3. The van der Waals surface area contributed by atoms with Crippen molar-refractivity contribution in [2.45, 2.75) is 25.4 Å². The molecule has 1 aliphatic rings. The van der Waals surface area contributed by atoms with E-state index in [1.54, 1.807) is 6.07 Å². The molecule has 1 fully saturated rings. The van der Waals surface area contributed by atoms with Gasteiger partial charge >= 0.3 is 0 Å². The Morgan fingerprint density at radius 3 is 2.80 bits per heavy atom. The summed E-state index contributed by atoms with van der Waals surface area (Å²) in [4.78, 5) is 2.40.